The molecule has 9 rings (SSSR count). The maximum atomic E-state index is 13.0. The van der Waals surface area contributed by atoms with Crippen molar-refractivity contribution in [1.29, 1.82) is 0 Å². The fraction of sp³-hybridized carbons (Fsp3) is 0.200. The second-order valence-electron chi connectivity index (χ2n) is 16.0. The van der Waals surface area contributed by atoms with Gasteiger partial charge in [-0.3, -0.25) is 9.55 Å². The topological polar surface area (TPSA) is 50.9 Å². The molecular weight excluding hydrogens is 974 g/mol. The number of hydrogen-bond donors (Lipinski definition) is 1. The molecule has 0 atom stereocenters. The van der Waals surface area contributed by atoms with E-state index in [1.165, 1.54) is 16.7 Å². The van der Waals surface area contributed by atoms with E-state index < -0.39 is 93.0 Å². The quantitative estimate of drug-likeness (QED) is 0.154. The number of phenols is 1. The number of hydrogen-bond acceptors (Lipinski definition) is 3. The molecule has 0 aliphatic heterocycles. The van der Waals surface area contributed by atoms with Crippen molar-refractivity contribution in [3.05, 3.63) is 192 Å². The van der Waals surface area contributed by atoms with Gasteiger partial charge in [0.15, 0.2) is 0 Å². The van der Waals surface area contributed by atoms with Crippen LogP contribution in [0.2, 0.25) is 0 Å². The molecule has 5 heteroatoms. The van der Waals surface area contributed by atoms with Gasteiger partial charge in [0.05, 0.1) is 16.6 Å². The molecule has 65 heavy (non-hydrogen) atoms. The van der Waals surface area contributed by atoms with Gasteiger partial charge in [-0.1, -0.05) is 192 Å². The largest absolute Gasteiger partial charge is 0.507 e. The molecule has 2 heterocycles. The Labute approximate surface area is 430 Å². The van der Waals surface area contributed by atoms with Gasteiger partial charge in [-0.05, 0) is 92.9 Å². The summed E-state index contributed by atoms with van der Waals surface area (Å²) >= 11 is 0. The minimum Gasteiger partial charge on any atom is -0.507 e. The van der Waals surface area contributed by atoms with E-state index in [1.807, 2.05) is 60.7 Å². The maximum Gasteiger partial charge on any atom is 0.148 e. The van der Waals surface area contributed by atoms with Gasteiger partial charge in [0, 0.05) is 74.4 Å². The van der Waals surface area contributed by atoms with Gasteiger partial charge in [0.1, 0.15) is 11.6 Å². The van der Waals surface area contributed by atoms with E-state index in [-0.39, 0.29) is 49.4 Å². The molecule has 328 valence electrons. The van der Waals surface area contributed by atoms with Gasteiger partial charge >= 0.3 is 0 Å². The normalized spacial score (nSPS) is 18.4. The Balaban J connectivity index is 0.00000982. The standard InChI is InChI=1S/C60H56N3O.Pt/c1-38(2)51-37-48(27-28-49(51)42-19-14-11-15-20-42)63-55-22-16-21-50(56(55)62-58(63)52-35-47(59(4,5)6)36-53(57(52)64)60(7,8)9)45-31-44(40-17-12-10-13-18-40)32-46(33-45)54-34-43(29-30-61-54)41-25-23-39(3)24-26-41;/h10-32,34-38,64H,1-9H3;/q-1;/i3D3,4D3,5D3,6D3,7D3,8D3,9D3,38D;. The van der Waals surface area contributed by atoms with Crippen molar-refractivity contribution < 1.29 is 56.3 Å². The van der Waals surface area contributed by atoms with Crippen LogP contribution in [0.15, 0.2) is 164 Å². The van der Waals surface area contributed by atoms with E-state index in [0.717, 1.165) is 5.56 Å². The molecule has 0 amide bonds. The summed E-state index contributed by atoms with van der Waals surface area (Å²) in [5, 5.41) is 13.0. The average Bonchev–Trinajstić information content (AvgIpc) is 1.11. The maximum absolute atomic E-state index is 13.0. The second-order valence-corrected chi connectivity index (χ2v) is 16.0. The predicted molar refractivity (Wildman–Crippen MR) is 268 cm³/mol. The summed E-state index contributed by atoms with van der Waals surface area (Å²) in [6.45, 7) is -23.9. The van der Waals surface area contributed by atoms with Gasteiger partial charge in [0.2, 0.25) is 0 Å². The van der Waals surface area contributed by atoms with Crippen molar-refractivity contribution in [1.82, 2.24) is 14.5 Å². The number of rotatable bonds is 8. The van der Waals surface area contributed by atoms with E-state index in [0.29, 0.717) is 61.8 Å². The number of aromatic hydroxyl groups is 1. The Morgan fingerprint density at radius 2 is 1.31 bits per heavy atom. The molecule has 0 radical (unpaired) electrons. The number of aromatic nitrogens is 3. The molecule has 0 aliphatic carbocycles. The Morgan fingerprint density at radius 3 is 2.00 bits per heavy atom. The first kappa shape index (κ1) is 25.4. The van der Waals surface area contributed by atoms with Crippen molar-refractivity contribution in [2.75, 3.05) is 0 Å². The molecule has 0 fully saturated rings. The number of fused-ring (bicyclic) bond motifs is 1. The molecule has 0 aliphatic rings. The molecule has 0 spiro atoms. The molecule has 4 nitrogen and oxygen atoms in total. The first-order valence-corrected chi connectivity index (χ1v) is 20.5. The van der Waals surface area contributed by atoms with E-state index in [2.05, 4.69) is 6.07 Å². The minimum atomic E-state index is -4.19. The van der Waals surface area contributed by atoms with Crippen molar-refractivity contribution in [2.45, 2.75) is 78.5 Å². The third-order valence-corrected chi connectivity index (χ3v) is 11.3. The number of benzene rings is 7. The third kappa shape index (κ3) is 9.02. The van der Waals surface area contributed by atoms with Crippen LogP contribution < -0.4 is 0 Å². The molecule has 7 aromatic carbocycles. The summed E-state index contributed by atoms with van der Waals surface area (Å²) in [5.74, 6) is -3.32. The first-order chi connectivity index (χ1) is 39.6. The minimum absolute atomic E-state index is 0. The number of phenolic OH excluding ortho intramolecular Hbond substituents is 1. The summed E-state index contributed by atoms with van der Waals surface area (Å²) in [6.07, 6.45) is 1.59. The predicted octanol–water partition coefficient (Wildman–Crippen LogP) is 16.0. The van der Waals surface area contributed by atoms with Gasteiger partial charge in [-0.2, -0.15) is 0 Å². The Bertz CT molecular complexity index is 3930. The van der Waals surface area contributed by atoms with E-state index in [9.17, 15) is 6.48 Å². The second kappa shape index (κ2) is 17.9. The molecule has 0 saturated carbocycles. The summed E-state index contributed by atoms with van der Waals surface area (Å²) in [6, 6.07) is 46.3. The van der Waals surface area contributed by atoms with Crippen LogP contribution >= 0.6 is 0 Å². The zero-order valence-electron chi connectivity index (χ0n) is 57.2. The van der Waals surface area contributed by atoms with Crippen LogP contribution in [0, 0.1) is 12.9 Å². The number of para-hydroxylation sites is 1. The number of aryl methyl sites for hydroxylation is 1. The van der Waals surface area contributed by atoms with Crippen LogP contribution in [0.3, 0.4) is 0 Å². The van der Waals surface area contributed by atoms with Gasteiger partial charge < -0.3 is 5.11 Å². The molecule has 0 saturated heterocycles. The average molecular weight is 1050 g/mol. The first-order valence-electron chi connectivity index (χ1n) is 31.5. The molecule has 2 aromatic heterocycles. The molecular formula is C60H56N3OPt-. The Morgan fingerprint density at radius 1 is 0.615 bits per heavy atom. The molecule has 0 bridgehead atoms. The van der Waals surface area contributed by atoms with Crippen LogP contribution in [0.5, 0.6) is 5.75 Å². The van der Waals surface area contributed by atoms with E-state index >= 15 is 0 Å². The number of imidazole rings is 1. The molecule has 1 N–H and O–H groups in total. The fourth-order valence-corrected chi connectivity index (χ4v) is 8.09. The Kier molecular flexibility index (Phi) is 6.99. The van der Waals surface area contributed by atoms with Crippen LogP contribution in [0.25, 0.3) is 83.9 Å². The number of nitrogens with zero attached hydrogens (tertiary/aromatic N) is 3. The van der Waals surface area contributed by atoms with Crippen molar-refractivity contribution in [3.63, 3.8) is 0 Å². The van der Waals surface area contributed by atoms with Crippen LogP contribution in [-0.2, 0) is 31.9 Å². The zero-order chi connectivity index (χ0) is 63.3. The third-order valence-electron chi connectivity index (χ3n) is 11.3. The smallest absolute Gasteiger partial charge is 0.148 e. The van der Waals surface area contributed by atoms with Crippen LogP contribution in [0.1, 0.15) is 113 Å². The van der Waals surface area contributed by atoms with Crippen molar-refractivity contribution in [3.8, 4) is 78.6 Å². The Hall–Kier alpha value is -6.35. The van der Waals surface area contributed by atoms with E-state index in [4.69, 9.17) is 38.8 Å². The van der Waals surface area contributed by atoms with Gasteiger partial charge in [-0.25, -0.2) is 4.98 Å². The zero-order valence-corrected chi connectivity index (χ0v) is 37.5. The fourth-order valence-electron chi connectivity index (χ4n) is 8.09. The van der Waals surface area contributed by atoms with Crippen LogP contribution in [-0.4, -0.2) is 19.6 Å². The molecule has 0 unspecified atom stereocenters. The summed E-state index contributed by atoms with van der Waals surface area (Å²) < 4.78 is 192. The summed E-state index contributed by atoms with van der Waals surface area (Å²) in [7, 11) is 0. The summed E-state index contributed by atoms with van der Waals surface area (Å²) in [4.78, 5) is 9.83. The van der Waals surface area contributed by atoms with Gasteiger partial charge in [-0.15, -0.1) is 23.8 Å². The van der Waals surface area contributed by atoms with E-state index in [1.54, 1.807) is 92.8 Å². The van der Waals surface area contributed by atoms with Crippen molar-refractivity contribution >= 4 is 11.0 Å². The SMILES string of the molecule is [2H]C([2H])([2H])c1ccc(-c2ccnc(-c3[c-]c(-c4cccc5c4nc(-c4cc(C(C([2H])([2H])[2H])(C([2H])([2H])[2H])C([2H])([2H])[2H])cc(C(C([2H])([2H])[2H])(C([2H])([2H])[2H])C([2H])([2H])[2H])c4O)n5-c4ccc(-c5ccccc5)c(C([2H])(C)C)c4)cc(-c4ccccc4)c3)c2)cc1.[Pt]. The van der Waals surface area contributed by atoms with Gasteiger partial charge in [0.25, 0.3) is 0 Å². The number of pyridine rings is 1. The molecule has 9 aromatic rings. The van der Waals surface area contributed by atoms with Crippen LogP contribution in [0.4, 0.5) is 0 Å². The van der Waals surface area contributed by atoms with Crippen molar-refractivity contribution in [2.24, 2.45) is 0 Å². The summed E-state index contributed by atoms with van der Waals surface area (Å²) in [5.41, 5.74) is -5.34. The monoisotopic (exact) mass is 1050 g/mol.